The van der Waals surface area contributed by atoms with E-state index < -0.39 is 0 Å². The van der Waals surface area contributed by atoms with E-state index in [9.17, 15) is 4.79 Å². The van der Waals surface area contributed by atoms with Crippen molar-refractivity contribution in [1.82, 2.24) is 34.7 Å². The number of tetrazole rings is 1. The number of rotatable bonds is 9. The Morgan fingerprint density at radius 2 is 1.92 bits per heavy atom. The van der Waals surface area contributed by atoms with Crippen LogP contribution in [0.1, 0.15) is 69.2 Å². The number of aromatic amines is 1. The lowest BCUT2D eigenvalue weighted by Gasteiger charge is -2.24. The lowest BCUT2D eigenvalue weighted by atomic mass is 10.0. The minimum Gasteiger partial charge on any atom is -0.379 e. The third-order valence-electron chi connectivity index (χ3n) is 7.42. The summed E-state index contributed by atoms with van der Waals surface area (Å²) in [5, 5.41) is 14.3. The zero-order valence-electron chi connectivity index (χ0n) is 21.6. The van der Waals surface area contributed by atoms with Gasteiger partial charge in [-0.05, 0) is 47.7 Å². The number of imidazole rings is 1. The molecule has 9 heteroatoms. The number of hydrogen-bond acceptors (Lipinski definition) is 6. The van der Waals surface area contributed by atoms with Crippen molar-refractivity contribution in [1.29, 1.82) is 0 Å². The van der Waals surface area contributed by atoms with Gasteiger partial charge in [-0.25, -0.2) is 9.89 Å². The Morgan fingerprint density at radius 3 is 2.65 bits per heavy atom. The molecule has 3 heterocycles. The van der Waals surface area contributed by atoms with Crippen molar-refractivity contribution < 1.29 is 4.74 Å². The largest absolute Gasteiger partial charge is 0.379 e. The maximum atomic E-state index is 13.7. The fraction of sp³-hybridized carbons (Fsp3) is 0.464. The average Bonchev–Trinajstić information content (AvgIpc) is 3.50. The second-order valence-electron chi connectivity index (χ2n) is 9.83. The molecule has 5 rings (SSSR count). The second-order valence-corrected chi connectivity index (χ2v) is 9.83. The van der Waals surface area contributed by atoms with Gasteiger partial charge in [-0.2, -0.15) is 0 Å². The Bertz CT molecular complexity index is 1340. The number of benzene rings is 1. The molecule has 9 nitrogen and oxygen atoms in total. The highest BCUT2D eigenvalue weighted by atomic mass is 16.5. The number of unbranched alkanes of at least 4 members (excludes halogenated alkanes) is 1. The normalized spacial score (nSPS) is 18.1. The summed E-state index contributed by atoms with van der Waals surface area (Å²) < 4.78 is 9.72. The number of nitrogens with zero attached hydrogens (tertiary/aromatic N) is 6. The molecule has 0 spiro atoms. The SMILES string of the molecule is CCCCc1cn(C2CCCCCC2OC)c(=O)n1Cc1ccc(-c2ccccc2-c2nnn[nH]2)nc1. The summed E-state index contributed by atoms with van der Waals surface area (Å²) in [6, 6.07) is 12.0. The first-order valence-electron chi connectivity index (χ1n) is 13.3. The molecule has 1 aliphatic rings. The number of H-pyrrole nitrogens is 1. The van der Waals surface area contributed by atoms with Crippen molar-refractivity contribution in [2.45, 2.75) is 77.0 Å². The van der Waals surface area contributed by atoms with Gasteiger partial charge in [0.2, 0.25) is 0 Å². The van der Waals surface area contributed by atoms with Gasteiger partial charge >= 0.3 is 5.69 Å². The lowest BCUT2D eigenvalue weighted by Crippen LogP contribution is -2.34. The summed E-state index contributed by atoms with van der Waals surface area (Å²) in [5.74, 6) is 0.600. The van der Waals surface area contributed by atoms with E-state index in [2.05, 4.69) is 39.8 Å². The van der Waals surface area contributed by atoms with Crippen molar-refractivity contribution in [2.24, 2.45) is 0 Å². The first kappa shape index (κ1) is 25.1. The van der Waals surface area contributed by atoms with Gasteiger partial charge in [0.05, 0.1) is 24.4 Å². The Morgan fingerprint density at radius 1 is 1.08 bits per heavy atom. The number of aryl methyl sites for hydroxylation is 1. The van der Waals surface area contributed by atoms with Crippen molar-refractivity contribution in [3.8, 4) is 22.6 Å². The highest BCUT2D eigenvalue weighted by molar-refractivity contribution is 5.78. The fourth-order valence-electron chi connectivity index (χ4n) is 5.41. The number of pyridine rings is 1. The Hall–Kier alpha value is -3.59. The average molecular weight is 502 g/mol. The quantitative estimate of drug-likeness (QED) is 0.330. The van der Waals surface area contributed by atoms with E-state index in [0.717, 1.165) is 73.0 Å². The van der Waals surface area contributed by atoms with Crippen LogP contribution in [0.3, 0.4) is 0 Å². The summed E-state index contributed by atoms with van der Waals surface area (Å²) in [6.45, 7) is 2.68. The Balaban J connectivity index is 1.44. The standard InChI is InChI=1S/C28H35N7O2/c1-3-4-10-21-19-35(25-13-6-5-7-14-26(25)37-2)28(36)34(21)18-20-15-16-24(29-17-20)22-11-8-9-12-23(22)27-30-32-33-31-27/h8-9,11-12,15-17,19,25-26H,3-7,10,13-14,18H2,1-2H3,(H,30,31,32,33). The molecule has 3 aromatic heterocycles. The molecule has 4 aromatic rings. The summed E-state index contributed by atoms with van der Waals surface area (Å²) in [7, 11) is 1.77. The van der Waals surface area contributed by atoms with E-state index in [1.165, 1.54) is 6.42 Å². The Kier molecular flexibility index (Phi) is 7.89. The summed E-state index contributed by atoms with van der Waals surface area (Å²) in [6.07, 6.45) is 12.5. The summed E-state index contributed by atoms with van der Waals surface area (Å²) >= 11 is 0. The molecule has 2 unspecified atom stereocenters. The molecule has 0 amide bonds. The molecule has 0 saturated heterocycles. The van der Waals surface area contributed by atoms with E-state index in [1.54, 1.807) is 7.11 Å². The zero-order valence-corrected chi connectivity index (χ0v) is 21.6. The van der Waals surface area contributed by atoms with Crippen LogP contribution in [0.15, 0.2) is 53.6 Å². The minimum atomic E-state index is 0.0484. The summed E-state index contributed by atoms with van der Waals surface area (Å²) in [5.41, 5.74) is 4.78. The maximum Gasteiger partial charge on any atom is 0.329 e. The predicted octanol–water partition coefficient (Wildman–Crippen LogP) is 4.80. The van der Waals surface area contributed by atoms with Crippen LogP contribution in [0.25, 0.3) is 22.6 Å². The topological polar surface area (TPSA) is 104 Å². The molecule has 1 saturated carbocycles. The number of hydrogen-bond donors (Lipinski definition) is 1. The van der Waals surface area contributed by atoms with E-state index in [-0.39, 0.29) is 17.8 Å². The van der Waals surface area contributed by atoms with Crippen molar-refractivity contribution in [2.75, 3.05) is 7.11 Å². The van der Waals surface area contributed by atoms with Gasteiger partial charge in [0.1, 0.15) is 0 Å². The molecular weight excluding hydrogens is 466 g/mol. The Labute approximate surface area is 216 Å². The van der Waals surface area contributed by atoms with Crippen LogP contribution in [0.2, 0.25) is 0 Å². The molecule has 194 valence electrons. The molecule has 0 radical (unpaired) electrons. The van der Waals surface area contributed by atoms with Crippen LogP contribution in [0.4, 0.5) is 0 Å². The van der Waals surface area contributed by atoms with Gasteiger partial charge in [0, 0.05) is 36.3 Å². The molecule has 0 bridgehead atoms. The van der Waals surface area contributed by atoms with Gasteiger partial charge in [-0.3, -0.25) is 14.1 Å². The van der Waals surface area contributed by atoms with E-state index in [0.29, 0.717) is 12.4 Å². The van der Waals surface area contributed by atoms with Crippen LogP contribution in [-0.4, -0.2) is 48.0 Å². The highest BCUT2D eigenvalue weighted by Crippen LogP contribution is 2.30. The molecule has 1 aliphatic carbocycles. The van der Waals surface area contributed by atoms with Crippen LogP contribution >= 0.6 is 0 Å². The van der Waals surface area contributed by atoms with Crippen molar-refractivity contribution in [3.05, 3.63) is 70.5 Å². The molecule has 1 fully saturated rings. The molecule has 2 atom stereocenters. The van der Waals surface area contributed by atoms with Gasteiger partial charge < -0.3 is 4.74 Å². The van der Waals surface area contributed by atoms with Crippen LogP contribution in [0, 0.1) is 0 Å². The van der Waals surface area contributed by atoms with Gasteiger partial charge in [-0.15, -0.1) is 5.10 Å². The predicted molar refractivity (Wildman–Crippen MR) is 142 cm³/mol. The molecule has 1 N–H and O–H groups in total. The van der Waals surface area contributed by atoms with Crippen molar-refractivity contribution in [3.63, 3.8) is 0 Å². The smallest absolute Gasteiger partial charge is 0.329 e. The third-order valence-corrected chi connectivity index (χ3v) is 7.42. The van der Waals surface area contributed by atoms with Gasteiger partial charge in [-0.1, -0.05) is 62.9 Å². The third kappa shape index (κ3) is 5.41. The zero-order chi connectivity index (χ0) is 25.6. The van der Waals surface area contributed by atoms with E-state index >= 15 is 0 Å². The highest BCUT2D eigenvalue weighted by Gasteiger charge is 2.28. The number of aromatic nitrogens is 7. The lowest BCUT2D eigenvalue weighted by molar-refractivity contribution is 0.0500. The first-order valence-corrected chi connectivity index (χ1v) is 13.3. The molecule has 1 aromatic carbocycles. The summed E-state index contributed by atoms with van der Waals surface area (Å²) in [4.78, 5) is 18.5. The first-order chi connectivity index (χ1) is 18.2. The number of methoxy groups -OCH3 is 1. The van der Waals surface area contributed by atoms with Crippen LogP contribution < -0.4 is 5.69 Å². The van der Waals surface area contributed by atoms with Gasteiger partial charge in [0.25, 0.3) is 0 Å². The fourth-order valence-corrected chi connectivity index (χ4v) is 5.41. The minimum absolute atomic E-state index is 0.0484. The monoisotopic (exact) mass is 501 g/mol. The van der Waals surface area contributed by atoms with E-state index in [1.807, 2.05) is 45.7 Å². The van der Waals surface area contributed by atoms with Crippen LogP contribution in [-0.2, 0) is 17.7 Å². The molecule has 37 heavy (non-hydrogen) atoms. The van der Waals surface area contributed by atoms with Crippen LogP contribution in [0.5, 0.6) is 0 Å². The van der Waals surface area contributed by atoms with Gasteiger partial charge in [0.15, 0.2) is 5.82 Å². The molecular formula is C28H35N7O2. The van der Waals surface area contributed by atoms with E-state index in [4.69, 9.17) is 9.72 Å². The molecule has 0 aliphatic heterocycles. The number of ether oxygens (including phenoxy) is 1. The second kappa shape index (κ2) is 11.6. The maximum absolute atomic E-state index is 13.7. The number of nitrogens with one attached hydrogen (secondary N) is 1. The van der Waals surface area contributed by atoms with Crippen molar-refractivity contribution >= 4 is 0 Å².